The third-order valence-electron chi connectivity index (χ3n) is 1.92. The van der Waals surface area contributed by atoms with Crippen LogP contribution in [0.15, 0.2) is 12.4 Å². The quantitative estimate of drug-likeness (QED) is 0.726. The van der Waals surface area contributed by atoms with Crippen molar-refractivity contribution in [3.05, 3.63) is 18.2 Å². The molecule has 0 spiro atoms. The second-order valence-electron chi connectivity index (χ2n) is 4.88. The Hall–Kier alpha value is -1.56. The molecular formula is C11H20N4O2. The molecule has 1 rings (SSSR count). The summed E-state index contributed by atoms with van der Waals surface area (Å²) in [6.07, 6.45) is 3.54. The molecule has 0 saturated carbocycles. The summed E-state index contributed by atoms with van der Waals surface area (Å²) in [7, 11) is 0. The maximum atomic E-state index is 11.4. The minimum absolute atomic E-state index is 0.186. The van der Waals surface area contributed by atoms with Crippen molar-refractivity contribution in [2.75, 3.05) is 6.54 Å². The molecule has 0 aromatic carbocycles. The van der Waals surface area contributed by atoms with Crippen molar-refractivity contribution < 1.29 is 9.53 Å². The predicted molar refractivity (Wildman–Crippen MR) is 64.5 cm³/mol. The lowest BCUT2D eigenvalue weighted by Crippen LogP contribution is -2.41. The largest absolute Gasteiger partial charge is 0.444 e. The van der Waals surface area contributed by atoms with E-state index in [4.69, 9.17) is 10.5 Å². The number of alkyl carbamates (subject to hydrolysis) is 1. The van der Waals surface area contributed by atoms with Gasteiger partial charge in [0, 0.05) is 31.4 Å². The van der Waals surface area contributed by atoms with E-state index < -0.39 is 11.7 Å². The fourth-order valence-corrected chi connectivity index (χ4v) is 1.26. The lowest BCUT2D eigenvalue weighted by Gasteiger charge is -2.20. The van der Waals surface area contributed by atoms with E-state index in [-0.39, 0.29) is 6.04 Å². The van der Waals surface area contributed by atoms with Gasteiger partial charge in [-0.3, -0.25) is 0 Å². The summed E-state index contributed by atoms with van der Waals surface area (Å²) in [5.74, 6) is 0.809. The molecular weight excluding hydrogens is 220 g/mol. The molecule has 96 valence electrons. The number of carbonyl (C=O) groups excluding carboxylic acids is 1. The first kappa shape index (κ1) is 13.5. The van der Waals surface area contributed by atoms with Crippen LogP contribution in [-0.2, 0) is 11.2 Å². The maximum absolute atomic E-state index is 11.4. The van der Waals surface area contributed by atoms with Gasteiger partial charge in [0.25, 0.3) is 0 Å². The van der Waals surface area contributed by atoms with Gasteiger partial charge in [-0.25, -0.2) is 9.78 Å². The van der Waals surface area contributed by atoms with Crippen LogP contribution in [0.1, 0.15) is 26.6 Å². The molecule has 1 unspecified atom stereocenters. The molecule has 6 heteroatoms. The average molecular weight is 240 g/mol. The first-order valence-corrected chi connectivity index (χ1v) is 5.57. The average Bonchev–Trinajstić information content (AvgIpc) is 2.64. The molecule has 1 atom stereocenters. The number of aromatic nitrogens is 2. The molecule has 17 heavy (non-hydrogen) atoms. The Morgan fingerprint density at radius 2 is 2.35 bits per heavy atom. The predicted octanol–water partition coefficient (Wildman–Crippen LogP) is 0.804. The molecule has 0 bridgehead atoms. The zero-order valence-corrected chi connectivity index (χ0v) is 10.5. The van der Waals surface area contributed by atoms with Crippen molar-refractivity contribution in [1.82, 2.24) is 15.3 Å². The van der Waals surface area contributed by atoms with Gasteiger partial charge in [0.05, 0.1) is 0 Å². The first-order chi connectivity index (χ1) is 7.87. The Morgan fingerprint density at radius 3 is 2.88 bits per heavy atom. The van der Waals surface area contributed by atoms with Gasteiger partial charge in [0.15, 0.2) is 0 Å². The summed E-state index contributed by atoms with van der Waals surface area (Å²) in [6.45, 7) is 5.80. The van der Waals surface area contributed by atoms with Crippen LogP contribution in [0.25, 0.3) is 0 Å². The van der Waals surface area contributed by atoms with Crippen molar-refractivity contribution in [1.29, 1.82) is 0 Å². The number of amides is 1. The Bertz CT molecular complexity index is 343. The number of imidazole rings is 1. The number of ether oxygens (including phenoxy) is 1. The van der Waals surface area contributed by atoms with E-state index in [9.17, 15) is 4.79 Å². The van der Waals surface area contributed by atoms with Crippen LogP contribution in [0.2, 0.25) is 0 Å². The van der Waals surface area contributed by atoms with Crippen LogP contribution >= 0.6 is 0 Å². The molecule has 0 radical (unpaired) electrons. The van der Waals surface area contributed by atoms with E-state index >= 15 is 0 Å². The Kier molecular flexibility index (Phi) is 4.51. The van der Waals surface area contributed by atoms with Crippen molar-refractivity contribution in [2.24, 2.45) is 5.73 Å². The third kappa shape index (κ3) is 5.91. The third-order valence-corrected chi connectivity index (χ3v) is 1.92. The molecule has 4 N–H and O–H groups in total. The van der Waals surface area contributed by atoms with Gasteiger partial charge in [-0.1, -0.05) is 0 Å². The minimum atomic E-state index is -0.491. The molecule has 0 aliphatic carbocycles. The zero-order valence-electron chi connectivity index (χ0n) is 10.5. The second-order valence-corrected chi connectivity index (χ2v) is 4.88. The number of rotatable bonds is 4. The molecule has 0 aliphatic rings. The molecule has 0 fully saturated rings. The van der Waals surface area contributed by atoms with Crippen LogP contribution in [0.5, 0.6) is 0 Å². The van der Waals surface area contributed by atoms with Gasteiger partial charge < -0.3 is 20.8 Å². The molecule has 0 saturated heterocycles. The number of hydrogen-bond acceptors (Lipinski definition) is 4. The summed E-state index contributed by atoms with van der Waals surface area (Å²) >= 11 is 0. The molecule has 1 aromatic rings. The highest BCUT2D eigenvalue weighted by Gasteiger charge is 2.16. The lowest BCUT2D eigenvalue weighted by atomic mass is 10.2. The van der Waals surface area contributed by atoms with Crippen molar-refractivity contribution in [3.63, 3.8) is 0 Å². The fourth-order valence-electron chi connectivity index (χ4n) is 1.26. The SMILES string of the molecule is CC(C)(C)OC(=O)NCC(N)Cc1ncc[nH]1. The normalized spacial score (nSPS) is 13.2. The van der Waals surface area contributed by atoms with E-state index in [0.29, 0.717) is 13.0 Å². The topological polar surface area (TPSA) is 93.0 Å². The fraction of sp³-hybridized carbons (Fsp3) is 0.636. The summed E-state index contributed by atoms with van der Waals surface area (Å²) in [4.78, 5) is 18.4. The van der Waals surface area contributed by atoms with Crippen LogP contribution < -0.4 is 11.1 Å². The van der Waals surface area contributed by atoms with Gasteiger partial charge >= 0.3 is 6.09 Å². The van der Waals surface area contributed by atoms with Gasteiger partial charge in [0.2, 0.25) is 0 Å². The number of nitrogens with two attached hydrogens (primary N) is 1. The summed E-state index contributed by atoms with van der Waals surface area (Å²) in [5.41, 5.74) is 5.36. The van der Waals surface area contributed by atoms with E-state index in [1.54, 1.807) is 12.4 Å². The zero-order chi connectivity index (χ0) is 12.9. The molecule has 0 aliphatic heterocycles. The van der Waals surface area contributed by atoms with Gasteiger partial charge in [-0.05, 0) is 20.8 Å². The minimum Gasteiger partial charge on any atom is -0.444 e. The van der Waals surface area contributed by atoms with Crippen molar-refractivity contribution >= 4 is 6.09 Å². The Labute approximate surface area is 101 Å². The molecule has 6 nitrogen and oxygen atoms in total. The van der Waals surface area contributed by atoms with Crippen LogP contribution in [-0.4, -0.2) is 34.2 Å². The summed E-state index contributed by atoms with van der Waals surface area (Å²) < 4.78 is 5.09. The number of carbonyl (C=O) groups is 1. The van der Waals surface area contributed by atoms with E-state index in [0.717, 1.165) is 5.82 Å². The smallest absolute Gasteiger partial charge is 0.407 e. The van der Waals surface area contributed by atoms with Crippen LogP contribution in [0.4, 0.5) is 4.79 Å². The Balaban J connectivity index is 2.24. The number of aromatic amines is 1. The number of nitrogens with one attached hydrogen (secondary N) is 2. The van der Waals surface area contributed by atoms with E-state index in [1.807, 2.05) is 20.8 Å². The van der Waals surface area contributed by atoms with E-state index in [2.05, 4.69) is 15.3 Å². The maximum Gasteiger partial charge on any atom is 0.407 e. The first-order valence-electron chi connectivity index (χ1n) is 5.57. The lowest BCUT2D eigenvalue weighted by molar-refractivity contribution is 0.0524. The number of nitrogens with zero attached hydrogens (tertiary/aromatic N) is 1. The summed E-state index contributed by atoms with van der Waals surface area (Å²) in [5, 5.41) is 2.62. The highest BCUT2D eigenvalue weighted by Crippen LogP contribution is 2.06. The van der Waals surface area contributed by atoms with Gasteiger partial charge in [-0.2, -0.15) is 0 Å². The number of hydrogen-bond donors (Lipinski definition) is 3. The summed E-state index contributed by atoms with van der Waals surface area (Å²) in [6, 6.07) is -0.186. The number of H-pyrrole nitrogens is 1. The highest BCUT2D eigenvalue weighted by atomic mass is 16.6. The second kappa shape index (κ2) is 5.67. The van der Waals surface area contributed by atoms with Crippen molar-refractivity contribution in [3.8, 4) is 0 Å². The molecule has 1 heterocycles. The highest BCUT2D eigenvalue weighted by molar-refractivity contribution is 5.67. The van der Waals surface area contributed by atoms with Crippen LogP contribution in [0, 0.1) is 0 Å². The van der Waals surface area contributed by atoms with Gasteiger partial charge in [-0.15, -0.1) is 0 Å². The van der Waals surface area contributed by atoms with E-state index in [1.165, 1.54) is 0 Å². The molecule has 1 aromatic heterocycles. The van der Waals surface area contributed by atoms with Crippen LogP contribution in [0.3, 0.4) is 0 Å². The van der Waals surface area contributed by atoms with Crippen molar-refractivity contribution in [2.45, 2.75) is 38.8 Å². The standard InChI is InChI=1S/C11H20N4O2/c1-11(2,3)17-10(16)15-7-8(12)6-9-13-4-5-14-9/h4-5,8H,6-7,12H2,1-3H3,(H,13,14)(H,15,16). The Morgan fingerprint density at radius 1 is 1.65 bits per heavy atom. The molecule has 1 amide bonds. The monoisotopic (exact) mass is 240 g/mol. The van der Waals surface area contributed by atoms with Gasteiger partial charge in [0.1, 0.15) is 11.4 Å².